The van der Waals surface area contributed by atoms with Crippen LogP contribution < -0.4 is 44.6 Å². The molecular formula is C43H69N11O3. The molecule has 3 amide bonds. The quantitative estimate of drug-likeness (QED) is 0.0523. The topological polar surface area (TPSA) is 258 Å². The van der Waals surface area contributed by atoms with Gasteiger partial charge in [-0.25, -0.2) is 0 Å². The molecule has 0 saturated heterocycles. The molecule has 0 spiro atoms. The number of hydrogen-bond acceptors (Lipinski definition) is 6. The number of fused-ring (bicyclic) bond motifs is 1. The number of aromatic nitrogens is 1. The van der Waals surface area contributed by atoms with Crippen molar-refractivity contribution in [2.45, 2.75) is 135 Å². The molecule has 0 aliphatic rings. The molecule has 0 bridgehead atoms. The molecule has 0 aliphatic carbocycles. The van der Waals surface area contributed by atoms with Crippen LogP contribution in [-0.2, 0) is 43.5 Å². The number of carbonyl (C=O) groups excluding carboxylic acids is 3. The number of hydrogen-bond donors (Lipinski definition) is 9. The van der Waals surface area contributed by atoms with Crippen LogP contribution >= 0.6 is 0 Å². The van der Waals surface area contributed by atoms with Crippen molar-refractivity contribution >= 4 is 40.5 Å². The van der Waals surface area contributed by atoms with E-state index in [4.69, 9.17) is 28.7 Å². The molecule has 0 fully saturated rings. The molecule has 14 heteroatoms. The summed E-state index contributed by atoms with van der Waals surface area (Å²) in [5.74, 6) is -1.47. The number of nitrogens with two attached hydrogens (primary N) is 5. The van der Waals surface area contributed by atoms with Crippen molar-refractivity contribution in [3.63, 3.8) is 0 Å². The van der Waals surface area contributed by atoms with E-state index >= 15 is 0 Å². The number of benzene rings is 2. The zero-order valence-electron chi connectivity index (χ0n) is 35.6. The fourth-order valence-electron chi connectivity index (χ4n) is 6.71. The lowest BCUT2D eigenvalue weighted by Gasteiger charge is -2.27. The van der Waals surface area contributed by atoms with Crippen LogP contribution in [0.15, 0.2) is 52.4 Å². The van der Waals surface area contributed by atoms with Crippen LogP contribution in [0.5, 0.6) is 0 Å². The van der Waals surface area contributed by atoms with E-state index in [2.05, 4.69) is 105 Å². The Bertz CT molecular complexity index is 1870. The second kappa shape index (κ2) is 19.8. The molecular weight excluding hydrogens is 719 g/mol. The van der Waals surface area contributed by atoms with Crippen LogP contribution in [0, 0.1) is 0 Å². The molecule has 14 N–H and O–H groups in total. The highest BCUT2D eigenvalue weighted by Gasteiger charge is 2.34. The maximum Gasteiger partial charge on any atom is 0.243 e. The van der Waals surface area contributed by atoms with Crippen LogP contribution in [0.1, 0.15) is 116 Å². The molecule has 314 valence electrons. The fourth-order valence-corrected chi connectivity index (χ4v) is 6.71. The number of amides is 3. The SMILES string of the molecule is CC(C)(C)c1cc(C(C)(C)C)c2[nH]c(C(C)(C)C)c(C[C@@H](NC(=O)[C@H](N)CCCN=C(N)N)C(=O)N[C@@H](CCCN=C(N)N)C(=O)NCCc3ccccc3)c2c1. The van der Waals surface area contributed by atoms with E-state index in [1.165, 1.54) is 0 Å². The van der Waals surface area contributed by atoms with Crippen LogP contribution in [0.3, 0.4) is 0 Å². The highest BCUT2D eigenvalue weighted by atomic mass is 16.2. The summed E-state index contributed by atoms with van der Waals surface area (Å²) in [5.41, 5.74) is 33.9. The van der Waals surface area contributed by atoms with Crippen LogP contribution in [0.2, 0.25) is 0 Å². The molecule has 3 aromatic rings. The lowest BCUT2D eigenvalue weighted by Crippen LogP contribution is -2.56. The molecule has 14 nitrogen and oxygen atoms in total. The van der Waals surface area contributed by atoms with Gasteiger partial charge in [0.25, 0.3) is 0 Å². The first-order chi connectivity index (χ1) is 26.5. The Morgan fingerprint density at radius 1 is 0.719 bits per heavy atom. The summed E-state index contributed by atoms with van der Waals surface area (Å²) in [6.45, 7) is 20.4. The molecule has 3 rings (SSSR count). The molecule has 1 heterocycles. The van der Waals surface area contributed by atoms with Gasteiger partial charge >= 0.3 is 0 Å². The third-order valence-corrected chi connectivity index (χ3v) is 9.92. The average Bonchev–Trinajstić information content (AvgIpc) is 3.48. The number of aromatic amines is 1. The third kappa shape index (κ3) is 14.1. The van der Waals surface area contributed by atoms with Gasteiger partial charge in [0.15, 0.2) is 11.9 Å². The molecule has 0 unspecified atom stereocenters. The maximum absolute atomic E-state index is 14.6. The number of H-pyrrole nitrogens is 1. The van der Waals surface area contributed by atoms with Gasteiger partial charge < -0.3 is 49.6 Å². The first-order valence-electron chi connectivity index (χ1n) is 20.0. The normalized spacial score (nSPS) is 13.6. The Kier molecular flexibility index (Phi) is 16.1. The van der Waals surface area contributed by atoms with Gasteiger partial charge in [-0.05, 0) is 71.3 Å². The predicted molar refractivity (Wildman–Crippen MR) is 233 cm³/mol. The summed E-state index contributed by atoms with van der Waals surface area (Å²) in [6.07, 6.45) is 2.19. The van der Waals surface area contributed by atoms with Gasteiger partial charge in [-0.1, -0.05) is 98.7 Å². The number of nitrogens with one attached hydrogen (secondary N) is 4. The standard InChI is InChI=1S/C43H69N11O3/c1-41(2,3)27-23-28-29(35(43(7,8)9)54-34(28)30(24-27)42(4,5)6)25-33(53-36(55)31(44)17-13-20-50-39(45)46)38(57)52-32(18-14-21-51-40(47)48)37(56)49-22-19-26-15-11-10-12-16-26/h10-12,15-16,23-24,31-33,54H,13-14,17-22,25,44H2,1-9H3,(H,49,56)(H,52,57)(H,53,55)(H4,45,46,50)(H4,47,48,51)/t31-,32+,33-/m1/s1. The summed E-state index contributed by atoms with van der Waals surface area (Å²) in [4.78, 5) is 53.9. The Labute approximate surface area is 339 Å². The maximum atomic E-state index is 14.6. The van der Waals surface area contributed by atoms with Gasteiger partial charge in [-0.15, -0.1) is 0 Å². The van der Waals surface area contributed by atoms with Gasteiger partial charge in [0.05, 0.1) is 6.04 Å². The first kappa shape index (κ1) is 46.3. The molecule has 0 saturated carbocycles. The number of guanidine groups is 2. The van der Waals surface area contributed by atoms with E-state index < -0.39 is 29.9 Å². The zero-order chi connectivity index (χ0) is 42.7. The lowest BCUT2D eigenvalue weighted by atomic mass is 9.78. The monoisotopic (exact) mass is 788 g/mol. The Morgan fingerprint density at radius 3 is 1.84 bits per heavy atom. The summed E-state index contributed by atoms with van der Waals surface area (Å²) in [6, 6.07) is 11.3. The van der Waals surface area contributed by atoms with Gasteiger partial charge in [-0.2, -0.15) is 0 Å². The van der Waals surface area contributed by atoms with Crippen LogP contribution in [-0.4, -0.2) is 72.4 Å². The van der Waals surface area contributed by atoms with E-state index in [-0.39, 0.29) is 53.5 Å². The summed E-state index contributed by atoms with van der Waals surface area (Å²) >= 11 is 0. The molecule has 0 aliphatic heterocycles. The van der Waals surface area contributed by atoms with Crippen LogP contribution in [0.25, 0.3) is 10.9 Å². The van der Waals surface area contributed by atoms with Crippen LogP contribution in [0.4, 0.5) is 0 Å². The Balaban J connectivity index is 2.09. The van der Waals surface area contributed by atoms with Crippen molar-refractivity contribution in [1.82, 2.24) is 20.9 Å². The van der Waals surface area contributed by atoms with E-state index in [0.29, 0.717) is 38.8 Å². The van der Waals surface area contributed by atoms with Crippen molar-refractivity contribution in [1.29, 1.82) is 0 Å². The minimum atomic E-state index is -1.09. The van der Waals surface area contributed by atoms with Crippen molar-refractivity contribution < 1.29 is 14.4 Å². The van der Waals surface area contributed by atoms with E-state index in [9.17, 15) is 14.4 Å². The minimum absolute atomic E-state index is 0.0423. The number of rotatable bonds is 18. The van der Waals surface area contributed by atoms with Gasteiger partial charge in [0.1, 0.15) is 12.1 Å². The predicted octanol–water partition coefficient (Wildman–Crippen LogP) is 3.37. The fraction of sp³-hybridized carbons (Fsp3) is 0.558. The van der Waals surface area contributed by atoms with E-state index in [1.54, 1.807) is 0 Å². The highest BCUT2D eigenvalue weighted by Crippen LogP contribution is 2.40. The Morgan fingerprint density at radius 2 is 1.30 bits per heavy atom. The number of carbonyl (C=O) groups is 3. The lowest BCUT2D eigenvalue weighted by molar-refractivity contribution is -0.132. The summed E-state index contributed by atoms with van der Waals surface area (Å²) in [5, 5.41) is 9.91. The van der Waals surface area contributed by atoms with Gasteiger partial charge in [0.2, 0.25) is 17.7 Å². The summed E-state index contributed by atoms with van der Waals surface area (Å²) in [7, 11) is 0. The van der Waals surface area contributed by atoms with E-state index in [1.807, 2.05) is 30.3 Å². The zero-order valence-corrected chi connectivity index (χ0v) is 35.6. The van der Waals surface area contributed by atoms with Crippen molar-refractivity contribution in [3.8, 4) is 0 Å². The Hall–Kier alpha value is -5.11. The minimum Gasteiger partial charge on any atom is -0.370 e. The van der Waals surface area contributed by atoms with Crippen molar-refractivity contribution in [3.05, 3.63) is 70.4 Å². The smallest absolute Gasteiger partial charge is 0.243 e. The van der Waals surface area contributed by atoms with E-state index in [0.717, 1.165) is 38.9 Å². The van der Waals surface area contributed by atoms with Crippen molar-refractivity contribution in [2.24, 2.45) is 38.7 Å². The molecule has 57 heavy (non-hydrogen) atoms. The number of nitrogens with zero attached hydrogens (tertiary/aromatic N) is 2. The largest absolute Gasteiger partial charge is 0.370 e. The average molecular weight is 788 g/mol. The molecule has 3 atom stereocenters. The third-order valence-electron chi connectivity index (χ3n) is 9.92. The van der Waals surface area contributed by atoms with Gasteiger partial charge in [-0.3, -0.25) is 24.4 Å². The second-order valence-corrected chi connectivity index (χ2v) is 18.0. The first-order valence-corrected chi connectivity index (χ1v) is 20.0. The molecule has 2 aromatic carbocycles. The second-order valence-electron chi connectivity index (χ2n) is 18.0. The van der Waals surface area contributed by atoms with Crippen molar-refractivity contribution in [2.75, 3.05) is 19.6 Å². The molecule has 1 aromatic heterocycles. The number of aliphatic imine (C=N–C) groups is 2. The molecule has 0 radical (unpaired) electrons. The van der Waals surface area contributed by atoms with Gasteiger partial charge in [0, 0.05) is 48.1 Å². The highest BCUT2D eigenvalue weighted by molar-refractivity contribution is 5.95. The summed E-state index contributed by atoms with van der Waals surface area (Å²) < 4.78 is 0.